The largest absolute Gasteiger partial charge is 0.270 e. The third kappa shape index (κ3) is 10.8. The number of hydrogen-bond donors (Lipinski definition) is 0. The predicted molar refractivity (Wildman–Crippen MR) is 55.3 cm³/mol. The molecular formula is C8H18NaO3S. The molecule has 0 aromatic heterocycles. The minimum Gasteiger partial charge on any atom is -0.270 e. The van der Waals surface area contributed by atoms with Crippen molar-refractivity contribution in [2.24, 2.45) is 0 Å². The van der Waals surface area contributed by atoms with E-state index in [0.29, 0.717) is 0 Å². The van der Waals surface area contributed by atoms with E-state index in [2.05, 4.69) is 11.1 Å². The average Bonchev–Trinajstić information content (AvgIpc) is 1.98. The second-order valence-electron chi connectivity index (χ2n) is 2.73. The van der Waals surface area contributed by atoms with Crippen molar-refractivity contribution in [3.05, 3.63) is 0 Å². The second kappa shape index (κ2) is 9.46. The number of rotatable bonds is 7. The van der Waals surface area contributed by atoms with Crippen LogP contribution >= 0.6 is 0 Å². The zero-order valence-electron chi connectivity index (χ0n) is 8.88. The molecule has 0 saturated heterocycles. The van der Waals surface area contributed by atoms with Crippen molar-refractivity contribution in [2.75, 3.05) is 12.4 Å². The second-order valence-corrected chi connectivity index (χ2v) is 4.49. The van der Waals surface area contributed by atoms with E-state index in [4.69, 9.17) is 0 Å². The maximum absolute atomic E-state index is 11.0. The van der Waals surface area contributed by atoms with Gasteiger partial charge in [-0.05, 0) is 13.3 Å². The molecule has 5 heteroatoms. The summed E-state index contributed by atoms with van der Waals surface area (Å²) in [5.41, 5.74) is 0. The van der Waals surface area contributed by atoms with E-state index in [1.165, 1.54) is 0 Å². The Hall–Kier alpha value is 0.910. The first kappa shape index (κ1) is 16.3. The van der Waals surface area contributed by atoms with Crippen molar-refractivity contribution in [3.8, 4) is 0 Å². The SMILES string of the molecule is CCCCCCS(=O)(=O)OCC.[Na]. The van der Waals surface area contributed by atoms with Crippen LogP contribution in [0.5, 0.6) is 0 Å². The molecule has 0 heterocycles. The first-order valence-electron chi connectivity index (χ1n) is 4.49. The van der Waals surface area contributed by atoms with Gasteiger partial charge in [0.2, 0.25) is 0 Å². The van der Waals surface area contributed by atoms with Crippen molar-refractivity contribution in [3.63, 3.8) is 0 Å². The summed E-state index contributed by atoms with van der Waals surface area (Å²) >= 11 is 0. The zero-order valence-corrected chi connectivity index (χ0v) is 11.7. The predicted octanol–water partition coefficient (Wildman–Crippen LogP) is 1.55. The fourth-order valence-corrected chi connectivity index (χ4v) is 1.98. The summed E-state index contributed by atoms with van der Waals surface area (Å²) in [6, 6.07) is 0. The minimum atomic E-state index is -3.21. The fourth-order valence-electron chi connectivity index (χ4n) is 0.944. The van der Waals surface area contributed by atoms with E-state index in [9.17, 15) is 8.42 Å². The van der Waals surface area contributed by atoms with Crippen molar-refractivity contribution in [1.29, 1.82) is 0 Å². The molecule has 1 radical (unpaired) electrons. The van der Waals surface area contributed by atoms with Gasteiger partial charge >= 0.3 is 0 Å². The molecule has 0 saturated carbocycles. The van der Waals surface area contributed by atoms with Gasteiger partial charge in [0.1, 0.15) is 0 Å². The summed E-state index contributed by atoms with van der Waals surface area (Å²) in [6.07, 6.45) is 3.91. The Kier molecular flexibility index (Phi) is 11.9. The van der Waals surface area contributed by atoms with Crippen LogP contribution in [0, 0.1) is 0 Å². The fraction of sp³-hybridized carbons (Fsp3) is 1.00. The maximum atomic E-state index is 11.0. The van der Waals surface area contributed by atoms with Crippen molar-refractivity contribution in [1.82, 2.24) is 0 Å². The Balaban J connectivity index is 0. The Morgan fingerprint density at radius 1 is 1.08 bits per heavy atom. The van der Waals surface area contributed by atoms with Gasteiger partial charge in [0.05, 0.1) is 12.4 Å². The van der Waals surface area contributed by atoms with Gasteiger partial charge in [-0.2, -0.15) is 8.42 Å². The maximum Gasteiger partial charge on any atom is 0.267 e. The van der Waals surface area contributed by atoms with Gasteiger partial charge in [0, 0.05) is 29.6 Å². The van der Waals surface area contributed by atoms with E-state index < -0.39 is 10.1 Å². The summed E-state index contributed by atoms with van der Waals surface area (Å²) in [6.45, 7) is 4.02. The van der Waals surface area contributed by atoms with Gasteiger partial charge < -0.3 is 0 Å². The topological polar surface area (TPSA) is 43.4 Å². The Morgan fingerprint density at radius 2 is 1.69 bits per heavy atom. The zero-order chi connectivity index (χ0) is 9.45. The van der Waals surface area contributed by atoms with Crippen LogP contribution < -0.4 is 0 Å². The molecule has 0 aliphatic carbocycles. The van der Waals surface area contributed by atoms with Crippen molar-refractivity contribution in [2.45, 2.75) is 39.5 Å². The third-order valence-electron chi connectivity index (χ3n) is 1.55. The van der Waals surface area contributed by atoms with E-state index in [0.717, 1.165) is 25.7 Å². The summed E-state index contributed by atoms with van der Waals surface area (Å²) in [5, 5.41) is 0. The van der Waals surface area contributed by atoms with Crippen LogP contribution in [-0.2, 0) is 14.3 Å². The number of unbranched alkanes of at least 4 members (excludes halogenated alkanes) is 3. The quantitative estimate of drug-likeness (QED) is 0.369. The van der Waals surface area contributed by atoms with Gasteiger partial charge in [-0.15, -0.1) is 0 Å². The van der Waals surface area contributed by atoms with Crippen LogP contribution in [0.1, 0.15) is 39.5 Å². The summed E-state index contributed by atoms with van der Waals surface area (Å²) < 4.78 is 26.5. The summed E-state index contributed by atoms with van der Waals surface area (Å²) in [4.78, 5) is 0. The first-order chi connectivity index (χ1) is 5.62. The van der Waals surface area contributed by atoms with E-state index in [1.54, 1.807) is 6.92 Å². The third-order valence-corrected chi connectivity index (χ3v) is 2.93. The van der Waals surface area contributed by atoms with Crippen LogP contribution in [0.2, 0.25) is 0 Å². The van der Waals surface area contributed by atoms with Crippen LogP contribution in [0.15, 0.2) is 0 Å². The van der Waals surface area contributed by atoms with Gasteiger partial charge in [0.25, 0.3) is 10.1 Å². The normalized spacial score (nSPS) is 10.9. The molecule has 0 aliphatic rings. The first-order valence-corrected chi connectivity index (χ1v) is 6.07. The molecule has 0 amide bonds. The van der Waals surface area contributed by atoms with E-state index in [-0.39, 0.29) is 41.9 Å². The smallest absolute Gasteiger partial charge is 0.267 e. The van der Waals surface area contributed by atoms with Gasteiger partial charge in [0.15, 0.2) is 0 Å². The minimum absolute atomic E-state index is 0. The molecule has 0 aromatic carbocycles. The molecule has 0 aromatic rings. The van der Waals surface area contributed by atoms with Crippen LogP contribution in [0.25, 0.3) is 0 Å². The van der Waals surface area contributed by atoms with E-state index in [1.807, 2.05) is 0 Å². The molecule has 0 bridgehead atoms. The number of hydrogen-bond acceptors (Lipinski definition) is 3. The molecule has 0 atom stereocenters. The van der Waals surface area contributed by atoms with E-state index >= 15 is 0 Å². The van der Waals surface area contributed by atoms with Crippen LogP contribution in [0.4, 0.5) is 0 Å². The molecule has 75 valence electrons. The molecule has 13 heavy (non-hydrogen) atoms. The van der Waals surface area contributed by atoms with Crippen LogP contribution in [0.3, 0.4) is 0 Å². The van der Waals surface area contributed by atoms with Crippen LogP contribution in [-0.4, -0.2) is 50.3 Å². The van der Waals surface area contributed by atoms with Crippen molar-refractivity contribution < 1.29 is 12.6 Å². The summed E-state index contributed by atoms with van der Waals surface area (Å²) in [7, 11) is -3.21. The molecule has 0 aliphatic heterocycles. The molecule has 0 fully saturated rings. The molecule has 0 unspecified atom stereocenters. The Labute approximate surface area is 104 Å². The van der Waals surface area contributed by atoms with Gasteiger partial charge in [-0.1, -0.05) is 26.2 Å². The standard InChI is InChI=1S/C8H18O3S.Na/c1-3-5-6-7-8-12(9,10)11-4-2;/h3-8H2,1-2H3;. The average molecular weight is 217 g/mol. The molecule has 0 N–H and O–H groups in total. The summed E-state index contributed by atoms with van der Waals surface area (Å²) in [5.74, 6) is 0.167. The molecule has 0 spiro atoms. The molecule has 0 rings (SSSR count). The Morgan fingerprint density at radius 3 is 2.15 bits per heavy atom. The molecular weight excluding hydrogens is 199 g/mol. The monoisotopic (exact) mass is 217 g/mol. The molecule has 3 nitrogen and oxygen atoms in total. The van der Waals surface area contributed by atoms with Gasteiger partial charge in [-0.25, -0.2) is 0 Å². The van der Waals surface area contributed by atoms with Gasteiger partial charge in [-0.3, -0.25) is 4.18 Å². The Bertz CT molecular complexity index is 190. The van der Waals surface area contributed by atoms with Crippen molar-refractivity contribution >= 4 is 39.7 Å².